The minimum atomic E-state index is -1.05. The van der Waals surface area contributed by atoms with Gasteiger partial charge in [0.15, 0.2) is 5.78 Å². The molecule has 0 aliphatic rings. The molecule has 7 heteroatoms. The first-order valence-corrected chi connectivity index (χ1v) is 16.9. The summed E-state index contributed by atoms with van der Waals surface area (Å²) >= 11 is 1.54. The zero-order valence-corrected chi connectivity index (χ0v) is 27.4. The van der Waals surface area contributed by atoms with Gasteiger partial charge in [0.05, 0.1) is 0 Å². The van der Waals surface area contributed by atoms with Crippen molar-refractivity contribution in [2.75, 3.05) is 16.9 Å². The van der Waals surface area contributed by atoms with Gasteiger partial charge >= 0.3 is 5.97 Å². The molecule has 1 amide bonds. The number of thioether (sulfide) groups is 1. The molecule has 0 aliphatic heterocycles. The third-order valence-corrected chi connectivity index (χ3v) is 8.74. The van der Waals surface area contributed by atoms with Crippen LogP contribution in [0.15, 0.2) is 127 Å². The molecule has 0 unspecified atom stereocenters. The van der Waals surface area contributed by atoms with Gasteiger partial charge in [0.1, 0.15) is 6.04 Å². The average Bonchev–Trinajstić information content (AvgIpc) is 3.10. The number of aryl methyl sites for hydroxylation is 1. The lowest BCUT2D eigenvalue weighted by atomic mass is 9.93. The van der Waals surface area contributed by atoms with Gasteiger partial charge in [0, 0.05) is 35.5 Å². The highest BCUT2D eigenvalue weighted by Gasteiger charge is 2.23. The monoisotopic (exact) mass is 642 g/mol. The number of carbonyl (C=O) groups excluding carboxylic acids is 2. The summed E-state index contributed by atoms with van der Waals surface area (Å²) in [6, 6.07) is 39.8. The summed E-state index contributed by atoms with van der Waals surface area (Å²) in [6.07, 6.45) is 2.25. The SMILES string of the molecule is CSCC[C@H](NC(=O)c1ccc(CN(Cc2ccccc2)c2ccc(C(=O)c3ccccc3)cc2)cc1-c1ccccc1C)C(=O)O. The Kier molecular flexibility index (Phi) is 11.3. The normalized spacial score (nSPS) is 11.4. The highest BCUT2D eigenvalue weighted by Crippen LogP contribution is 2.30. The summed E-state index contributed by atoms with van der Waals surface area (Å²) < 4.78 is 0. The molecule has 6 nitrogen and oxygen atoms in total. The summed E-state index contributed by atoms with van der Waals surface area (Å²) in [5.74, 6) is -0.862. The van der Waals surface area contributed by atoms with Crippen molar-refractivity contribution >= 4 is 35.1 Å². The van der Waals surface area contributed by atoms with Gasteiger partial charge in [-0.05, 0) is 89.6 Å². The number of rotatable bonds is 14. The van der Waals surface area contributed by atoms with E-state index in [4.69, 9.17) is 0 Å². The molecule has 5 aromatic carbocycles. The van der Waals surface area contributed by atoms with Crippen molar-refractivity contribution in [1.82, 2.24) is 5.32 Å². The highest BCUT2D eigenvalue weighted by molar-refractivity contribution is 7.98. The number of aliphatic carboxylic acids is 1. The van der Waals surface area contributed by atoms with E-state index in [0.29, 0.717) is 42.0 Å². The number of hydrogen-bond acceptors (Lipinski definition) is 5. The van der Waals surface area contributed by atoms with Crippen LogP contribution in [0.3, 0.4) is 0 Å². The Hall–Kier alpha value is -5.14. The first-order chi connectivity index (χ1) is 22.8. The van der Waals surface area contributed by atoms with E-state index in [-0.39, 0.29) is 5.78 Å². The molecule has 0 aliphatic carbocycles. The smallest absolute Gasteiger partial charge is 0.326 e. The molecule has 0 fully saturated rings. The van der Waals surface area contributed by atoms with Gasteiger partial charge in [-0.2, -0.15) is 11.8 Å². The lowest BCUT2D eigenvalue weighted by molar-refractivity contribution is -0.139. The van der Waals surface area contributed by atoms with Crippen molar-refractivity contribution in [3.8, 4) is 11.1 Å². The van der Waals surface area contributed by atoms with Crippen molar-refractivity contribution in [1.29, 1.82) is 0 Å². The first kappa shape index (κ1) is 33.2. The molecule has 1 atom stereocenters. The second-order valence-corrected chi connectivity index (χ2v) is 12.4. The van der Waals surface area contributed by atoms with Crippen molar-refractivity contribution in [2.45, 2.75) is 32.5 Å². The van der Waals surface area contributed by atoms with E-state index in [1.807, 2.05) is 122 Å². The quantitative estimate of drug-likeness (QED) is 0.119. The van der Waals surface area contributed by atoms with E-state index in [9.17, 15) is 19.5 Å². The van der Waals surface area contributed by atoms with Gasteiger partial charge < -0.3 is 15.3 Å². The van der Waals surface area contributed by atoms with Gasteiger partial charge in [-0.1, -0.05) is 91.0 Å². The van der Waals surface area contributed by atoms with Crippen molar-refractivity contribution in [2.24, 2.45) is 0 Å². The molecule has 0 spiro atoms. The lowest BCUT2D eigenvalue weighted by Gasteiger charge is -2.26. The summed E-state index contributed by atoms with van der Waals surface area (Å²) in [5.41, 5.74) is 7.43. The Balaban J connectivity index is 1.49. The predicted octanol–water partition coefficient (Wildman–Crippen LogP) is 8.04. The van der Waals surface area contributed by atoms with Gasteiger partial charge in [-0.15, -0.1) is 0 Å². The molecule has 238 valence electrons. The topological polar surface area (TPSA) is 86.7 Å². The molecule has 5 rings (SSSR count). The molecular formula is C40H38N2O4S. The van der Waals surface area contributed by atoms with E-state index in [1.54, 1.807) is 17.8 Å². The van der Waals surface area contributed by atoms with E-state index in [2.05, 4.69) is 22.3 Å². The molecule has 0 bridgehead atoms. The van der Waals surface area contributed by atoms with Gasteiger partial charge in [-0.25, -0.2) is 4.79 Å². The van der Waals surface area contributed by atoms with Crippen LogP contribution in [0.1, 0.15) is 49.4 Å². The first-order valence-electron chi connectivity index (χ1n) is 15.5. The molecular weight excluding hydrogens is 605 g/mol. The van der Waals surface area contributed by atoms with Crippen LogP contribution in [0.2, 0.25) is 0 Å². The zero-order chi connectivity index (χ0) is 33.2. The van der Waals surface area contributed by atoms with E-state index in [1.165, 1.54) is 0 Å². The number of ketones is 1. The molecule has 2 N–H and O–H groups in total. The second kappa shape index (κ2) is 15.9. The van der Waals surface area contributed by atoms with Crippen LogP contribution in [0, 0.1) is 6.92 Å². The number of carbonyl (C=O) groups is 3. The summed E-state index contributed by atoms with van der Waals surface area (Å²) in [4.78, 5) is 40.8. The van der Waals surface area contributed by atoms with Crippen molar-refractivity contribution in [3.05, 3.63) is 161 Å². The maximum atomic E-state index is 13.6. The number of hydrogen-bond donors (Lipinski definition) is 2. The number of anilines is 1. The highest BCUT2D eigenvalue weighted by atomic mass is 32.2. The van der Waals surface area contributed by atoms with Crippen LogP contribution in [0.4, 0.5) is 5.69 Å². The molecule has 0 saturated heterocycles. The maximum absolute atomic E-state index is 13.6. The van der Waals surface area contributed by atoms with Crippen LogP contribution in [-0.4, -0.2) is 40.8 Å². The van der Waals surface area contributed by atoms with E-state index < -0.39 is 17.9 Å². The molecule has 0 saturated carbocycles. The Bertz CT molecular complexity index is 1830. The largest absolute Gasteiger partial charge is 0.480 e. The van der Waals surface area contributed by atoms with Crippen LogP contribution >= 0.6 is 11.8 Å². The molecule has 0 heterocycles. The minimum absolute atomic E-state index is 0.0258. The number of nitrogens with zero attached hydrogens (tertiary/aromatic N) is 1. The van der Waals surface area contributed by atoms with Gasteiger partial charge in [0.25, 0.3) is 5.91 Å². The Morgan fingerprint density at radius 3 is 2.00 bits per heavy atom. The number of nitrogens with one attached hydrogen (secondary N) is 1. The lowest BCUT2D eigenvalue weighted by Crippen LogP contribution is -2.41. The van der Waals surface area contributed by atoms with Crippen LogP contribution in [-0.2, 0) is 17.9 Å². The fraction of sp³-hybridized carbons (Fsp3) is 0.175. The molecule has 0 radical (unpaired) electrons. The van der Waals surface area contributed by atoms with Crippen molar-refractivity contribution < 1.29 is 19.5 Å². The number of carboxylic acid groups (broad SMARTS) is 1. The van der Waals surface area contributed by atoms with E-state index in [0.717, 1.165) is 33.5 Å². The Labute approximate surface area is 280 Å². The average molecular weight is 643 g/mol. The Morgan fingerprint density at radius 1 is 0.723 bits per heavy atom. The molecule has 0 aromatic heterocycles. The predicted molar refractivity (Wildman–Crippen MR) is 191 cm³/mol. The third-order valence-electron chi connectivity index (χ3n) is 8.10. The van der Waals surface area contributed by atoms with Crippen LogP contribution in [0.5, 0.6) is 0 Å². The number of carboxylic acids is 1. The van der Waals surface area contributed by atoms with E-state index >= 15 is 0 Å². The summed E-state index contributed by atoms with van der Waals surface area (Å²) in [6.45, 7) is 3.17. The standard InChI is InChI=1S/C40H38N2O4S/c1-28-11-9-10-16-34(28)36-25-30(17-22-35(36)39(44)41-37(40(45)46)23-24-47-2)27-42(26-29-12-5-3-6-13-29)33-20-18-32(19-21-33)38(43)31-14-7-4-8-15-31/h3-22,25,37H,23-24,26-27H2,1-2H3,(H,41,44)(H,45,46)/t37-/m0/s1. The van der Waals surface area contributed by atoms with Crippen LogP contribution < -0.4 is 10.2 Å². The third kappa shape index (κ3) is 8.57. The van der Waals surface area contributed by atoms with Crippen LogP contribution in [0.25, 0.3) is 11.1 Å². The van der Waals surface area contributed by atoms with Gasteiger partial charge in [-0.3, -0.25) is 9.59 Å². The Morgan fingerprint density at radius 2 is 1.34 bits per heavy atom. The van der Waals surface area contributed by atoms with Gasteiger partial charge in [0.2, 0.25) is 0 Å². The summed E-state index contributed by atoms with van der Waals surface area (Å²) in [7, 11) is 0. The van der Waals surface area contributed by atoms with Crippen molar-refractivity contribution in [3.63, 3.8) is 0 Å². The molecule has 47 heavy (non-hydrogen) atoms. The number of benzene rings is 5. The zero-order valence-electron chi connectivity index (χ0n) is 26.6. The molecule has 5 aromatic rings. The fourth-order valence-electron chi connectivity index (χ4n) is 5.56. The summed E-state index contributed by atoms with van der Waals surface area (Å²) in [5, 5.41) is 12.5. The second-order valence-electron chi connectivity index (χ2n) is 11.4. The minimum Gasteiger partial charge on any atom is -0.480 e. The fourth-order valence-corrected chi connectivity index (χ4v) is 6.03. The maximum Gasteiger partial charge on any atom is 0.326 e. The number of amides is 1.